The van der Waals surface area contributed by atoms with E-state index < -0.39 is 0 Å². The van der Waals surface area contributed by atoms with E-state index in [0.717, 1.165) is 62.3 Å². The van der Waals surface area contributed by atoms with Crippen LogP contribution < -0.4 is 5.56 Å². The summed E-state index contributed by atoms with van der Waals surface area (Å²) in [5.74, 6) is 0.784. The van der Waals surface area contributed by atoms with Crippen molar-refractivity contribution in [2.24, 2.45) is 0 Å². The van der Waals surface area contributed by atoms with Crippen LogP contribution in [0.4, 0.5) is 0 Å². The fourth-order valence-electron chi connectivity index (χ4n) is 6.09. The molecule has 1 aliphatic heterocycles. The molecular formula is C29H36N8O. The first kappa shape index (κ1) is 24.9. The second kappa shape index (κ2) is 10.7. The molecule has 198 valence electrons. The number of hydrogen-bond donors (Lipinski definition) is 1. The number of H-pyrrole nitrogens is 1. The maximum atomic E-state index is 13.6. The maximum absolute atomic E-state index is 13.6. The van der Waals surface area contributed by atoms with E-state index in [1.165, 1.54) is 36.0 Å². The van der Waals surface area contributed by atoms with Crippen LogP contribution in [-0.4, -0.2) is 66.2 Å². The van der Waals surface area contributed by atoms with Gasteiger partial charge in [0, 0.05) is 56.2 Å². The van der Waals surface area contributed by atoms with Gasteiger partial charge in [0.05, 0.1) is 6.04 Å². The first-order chi connectivity index (χ1) is 18.6. The Balaban J connectivity index is 1.36. The van der Waals surface area contributed by atoms with Crippen molar-refractivity contribution in [3.8, 4) is 0 Å². The van der Waals surface area contributed by atoms with Gasteiger partial charge in [-0.25, -0.2) is 4.68 Å². The molecule has 38 heavy (non-hydrogen) atoms. The lowest BCUT2D eigenvalue weighted by Gasteiger charge is -2.39. The highest BCUT2D eigenvalue weighted by Crippen LogP contribution is 2.33. The molecule has 1 aliphatic carbocycles. The van der Waals surface area contributed by atoms with Crippen LogP contribution >= 0.6 is 0 Å². The number of aromatic nitrogens is 6. The standard InChI is InChI=1S/C29H36N8O/c1-20-15-23-17-25(29(38)31-26(23)16-21(20)2)27(28-32-33-34-37(28)24-8-4-3-5-9-24)36-13-11-35(12-14-36)19-22-7-6-10-30-18-22/h6-7,10,15-18,24,27H,3-5,8-9,11-14,19H2,1-2H3,(H,31,38)/t27-/m0/s1. The van der Waals surface area contributed by atoms with Gasteiger partial charge in [-0.1, -0.05) is 25.3 Å². The first-order valence-corrected chi connectivity index (χ1v) is 13.8. The zero-order chi connectivity index (χ0) is 26.1. The summed E-state index contributed by atoms with van der Waals surface area (Å²) < 4.78 is 2.02. The van der Waals surface area contributed by atoms with Gasteiger partial charge in [0.1, 0.15) is 6.04 Å². The summed E-state index contributed by atoms with van der Waals surface area (Å²) in [6, 6.07) is 10.4. The Bertz CT molecular complexity index is 1450. The number of fused-ring (bicyclic) bond motifs is 1. The molecule has 1 aromatic carbocycles. The first-order valence-electron chi connectivity index (χ1n) is 13.8. The van der Waals surface area contributed by atoms with Crippen LogP contribution in [0.25, 0.3) is 10.9 Å². The molecule has 0 amide bonds. The van der Waals surface area contributed by atoms with E-state index in [1.807, 2.05) is 23.1 Å². The molecule has 2 fully saturated rings. The number of nitrogens with one attached hydrogen (secondary N) is 1. The van der Waals surface area contributed by atoms with Crippen molar-refractivity contribution in [3.05, 3.63) is 81.2 Å². The minimum Gasteiger partial charge on any atom is -0.322 e. The molecule has 9 nitrogen and oxygen atoms in total. The maximum Gasteiger partial charge on any atom is 0.253 e. The number of tetrazole rings is 1. The average Bonchev–Trinajstić information content (AvgIpc) is 3.42. The molecule has 2 aliphatic rings. The van der Waals surface area contributed by atoms with Crippen LogP contribution in [0, 0.1) is 13.8 Å². The van der Waals surface area contributed by atoms with Crippen molar-refractivity contribution >= 4 is 10.9 Å². The summed E-state index contributed by atoms with van der Waals surface area (Å²) in [5, 5.41) is 14.2. The third-order valence-electron chi connectivity index (χ3n) is 8.37. The van der Waals surface area contributed by atoms with Crippen molar-refractivity contribution in [3.63, 3.8) is 0 Å². The SMILES string of the molecule is Cc1cc2cc([C@@H](c3nnnn3C3CCCCC3)N3CCN(Cc4cccnc4)CC3)c(=O)[nH]c2cc1C. The molecule has 3 aromatic heterocycles. The van der Waals surface area contributed by atoms with Crippen molar-refractivity contribution in [2.75, 3.05) is 26.2 Å². The summed E-state index contributed by atoms with van der Waals surface area (Å²) >= 11 is 0. The van der Waals surface area contributed by atoms with E-state index >= 15 is 0 Å². The smallest absolute Gasteiger partial charge is 0.253 e. The predicted molar refractivity (Wildman–Crippen MR) is 147 cm³/mol. The molecule has 0 unspecified atom stereocenters. The summed E-state index contributed by atoms with van der Waals surface area (Å²) in [5.41, 5.74) is 5.12. The summed E-state index contributed by atoms with van der Waals surface area (Å²) in [6.45, 7) is 8.52. The van der Waals surface area contributed by atoms with Crippen molar-refractivity contribution in [2.45, 2.75) is 64.6 Å². The number of hydrogen-bond acceptors (Lipinski definition) is 7. The van der Waals surface area contributed by atoms with Crippen molar-refractivity contribution < 1.29 is 0 Å². The normalized spacial score (nSPS) is 18.7. The van der Waals surface area contributed by atoms with Gasteiger partial charge in [0.25, 0.3) is 5.56 Å². The van der Waals surface area contributed by atoms with Crippen LogP contribution in [0.5, 0.6) is 0 Å². The largest absolute Gasteiger partial charge is 0.322 e. The molecule has 6 rings (SSSR count). The zero-order valence-electron chi connectivity index (χ0n) is 22.3. The third kappa shape index (κ3) is 5.00. The minimum absolute atomic E-state index is 0.0678. The van der Waals surface area contributed by atoms with Gasteiger partial charge in [-0.3, -0.25) is 19.6 Å². The molecular weight excluding hydrogens is 476 g/mol. The van der Waals surface area contributed by atoms with Crippen LogP contribution in [0.15, 0.2) is 47.5 Å². The van der Waals surface area contributed by atoms with Gasteiger partial charge in [-0.2, -0.15) is 0 Å². The number of aromatic amines is 1. The Labute approximate surface area is 222 Å². The van der Waals surface area contributed by atoms with E-state index in [4.69, 9.17) is 0 Å². The fourth-order valence-corrected chi connectivity index (χ4v) is 6.09. The van der Waals surface area contributed by atoms with Gasteiger partial charge < -0.3 is 4.98 Å². The van der Waals surface area contributed by atoms with Gasteiger partial charge in [-0.15, -0.1) is 5.10 Å². The van der Waals surface area contributed by atoms with E-state index in [1.54, 1.807) is 0 Å². The number of pyridine rings is 2. The Kier molecular flexibility index (Phi) is 7.04. The molecule has 4 heterocycles. The average molecular weight is 513 g/mol. The molecule has 4 aromatic rings. The van der Waals surface area contributed by atoms with E-state index in [0.29, 0.717) is 5.56 Å². The third-order valence-corrected chi connectivity index (χ3v) is 8.37. The van der Waals surface area contributed by atoms with E-state index in [2.05, 4.69) is 73.4 Å². The Morgan fingerprint density at radius 1 is 1.03 bits per heavy atom. The quantitative estimate of drug-likeness (QED) is 0.418. The topological polar surface area (TPSA) is 95.8 Å². The van der Waals surface area contributed by atoms with Gasteiger partial charge in [0.15, 0.2) is 5.82 Å². The fraction of sp³-hybridized carbons (Fsp3) is 0.483. The van der Waals surface area contributed by atoms with Crippen LogP contribution in [0.3, 0.4) is 0 Å². The van der Waals surface area contributed by atoms with Crippen molar-refractivity contribution in [1.82, 2.24) is 40.0 Å². The Hall–Kier alpha value is -3.43. The van der Waals surface area contributed by atoms with E-state index in [-0.39, 0.29) is 17.6 Å². The molecule has 0 bridgehead atoms. The number of aryl methyl sites for hydroxylation is 2. The number of rotatable bonds is 6. The molecule has 0 radical (unpaired) electrons. The van der Waals surface area contributed by atoms with Gasteiger partial charge in [0.2, 0.25) is 0 Å². The second-order valence-corrected chi connectivity index (χ2v) is 10.9. The minimum atomic E-state index is -0.303. The van der Waals surface area contributed by atoms with Crippen LogP contribution in [0.2, 0.25) is 0 Å². The monoisotopic (exact) mass is 512 g/mol. The van der Waals surface area contributed by atoms with Gasteiger partial charge >= 0.3 is 0 Å². The van der Waals surface area contributed by atoms with Crippen LogP contribution in [-0.2, 0) is 6.54 Å². The highest BCUT2D eigenvalue weighted by molar-refractivity contribution is 5.81. The number of piperazine rings is 1. The highest BCUT2D eigenvalue weighted by atomic mass is 16.1. The lowest BCUT2D eigenvalue weighted by Crippen LogP contribution is -2.48. The van der Waals surface area contributed by atoms with E-state index in [9.17, 15) is 4.79 Å². The Morgan fingerprint density at radius 2 is 1.82 bits per heavy atom. The number of nitrogens with zero attached hydrogens (tertiary/aromatic N) is 7. The molecule has 1 saturated carbocycles. The highest BCUT2D eigenvalue weighted by Gasteiger charge is 2.34. The molecule has 9 heteroatoms. The molecule has 1 atom stereocenters. The zero-order valence-corrected chi connectivity index (χ0v) is 22.3. The number of benzene rings is 1. The van der Waals surface area contributed by atoms with Gasteiger partial charge in [-0.05, 0) is 83.5 Å². The lowest BCUT2D eigenvalue weighted by atomic mass is 9.95. The summed E-state index contributed by atoms with van der Waals surface area (Å²) in [6.07, 6.45) is 9.55. The summed E-state index contributed by atoms with van der Waals surface area (Å²) in [4.78, 5) is 25.9. The Morgan fingerprint density at radius 3 is 2.58 bits per heavy atom. The molecule has 1 N–H and O–H groups in total. The lowest BCUT2D eigenvalue weighted by molar-refractivity contribution is 0.0982. The van der Waals surface area contributed by atoms with Crippen molar-refractivity contribution in [1.29, 1.82) is 0 Å². The van der Waals surface area contributed by atoms with Crippen LogP contribution in [0.1, 0.15) is 72.3 Å². The molecule has 1 saturated heterocycles. The predicted octanol–water partition coefficient (Wildman–Crippen LogP) is 3.94. The second-order valence-electron chi connectivity index (χ2n) is 10.9. The molecule has 0 spiro atoms. The summed E-state index contributed by atoms with van der Waals surface area (Å²) in [7, 11) is 0.